The molecule has 0 fully saturated rings. The Bertz CT molecular complexity index is 380. The van der Waals surface area contributed by atoms with Crippen molar-refractivity contribution in [3.05, 3.63) is 39.9 Å². The number of nitro benzene ring substituents is 1. The number of nitro groups is 1. The van der Waals surface area contributed by atoms with Gasteiger partial charge in [0.25, 0.3) is 5.69 Å². The van der Waals surface area contributed by atoms with Crippen molar-refractivity contribution in [1.29, 1.82) is 0 Å². The van der Waals surface area contributed by atoms with Crippen LogP contribution in [-0.4, -0.2) is 16.6 Å². The number of thiol groups is 1. The van der Waals surface area contributed by atoms with Crippen molar-refractivity contribution in [2.75, 3.05) is 5.75 Å². The first-order chi connectivity index (χ1) is 7.15. The van der Waals surface area contributed by atoms with Crippen LogP contribution in [0.15, 0.2) is 24.3 Å². The third kappa shape index (κ3) is 3.25. The number of para-hydroxylation sites is 1. The van der Waals surface area contributed by atoms with Gasteiger partial charge in [-0.15, -0.1) is 0 Å². The fourth-order valence-corrected chi connectivity index (χ4v) is 1.11. The molecule has 0 spiro atoms. The average Bonchev–Trinajstić information content (AvgIpc) is 2.26. The summed E-state index contributed by atoms with van der Waals surface area (Å²) in [4.78, 5) is 20.9. The largest absolute Gasteiger partial charge is 0.460 e. The zero-order valence-electron chi connectivity index (χ0n) is 7.75. The summed E-state index contributed by atoms with van der Waals surface area (Å²) in [5.74, 6) is -0.544. The first-order valence-corrected chi connectivity index (χ1v) is 4.77. The second kappa shape index (κ2) is 5.35. The summed E-state index contributed by atoms with van der Waals surface area (Å²) in [7, 11) is 0. The molecule has 1 rings (SSSR count). The minimum absolute atomic E-state index is 0.0410. The van der Waals surface area contributed by atoms with Crippen LogP contribution in [0.4, 0.5) is 5.69 Å². The van der Waals surface area contributed by atoms with Crippen molar-refractivity contribution in [1.82, 2.24) is 0 Å². The van der Waals surface area contributed by atoms with Gasteiger partial charge in [-0.3, -0.25) is 14.9 Å². The molecule has 0 radical (unpaired) electrons. The van der Waals surface area contributed by atoms with E-state index in [1.165, 1.54) is 6.07 Å². The highest BCUT2D eigenvalue weighted by Crippen LogP contribution is 2.18. The maximum Gasteiger partial charge on any atom is 0.315 e. The summed E-state index contributed by atoms with van der Waals surface area (Å²) >= 11 is 3.72. The summed E-state index contributed by atoms with van der Waals surface area (Å²) in [5.41, 5.74) is 0.321. The molecular weight excluding hydrogens is 218 g/mol. The number of rotatable bonds is 4. The van der Waals surface area contributed by atoms with E-state index in [0.29, 0.717) is 5.56 Å². The van der Waals surface area contributed by atoms with Gasteiger partial charge in [0, 0.05) is 6.07 Å². The molecular formula is C9H9NO4S. The zero-order valence-corrected chi connectivity index (χ0v) is 8.65. The van der Waals surface area contributed by atoms with Gasteiger partial charge in [-0.25, -0.2) is 0 Å². The quantitative estimate of drug-likeness (QED) is 0.367. The minimum Gasteiger partial charge on any atom is -0.460 e. The van der Waals surface area contributed by atoms with E-state index in [4.69, 9.17) is 4.74 Å². The van der Waals surface area contributed by atoms with Gasteiger partial charge < -0.3 is 4.74 Å². The predicted octanol–water partition coefficient (Wildman–Crippen LogP) is 1.57. The van der Waals surface area contributed by atoms with E-state index in [2.05, 4.69) is 12.6 Å². The van der Waals surface area contributed by atoms with Crippen LogP contribution in [0.25, 0.3) is 0 Å². The summed E-state index contributed by atoms with van der Waals surface area (Å²) in [6.07, 6.45) is 0. The molecule has 0 aliphatic heterocycles. The Morgan fingerprint density at radius 2 is 2.13 bits per heavy atom. The number of hydrogen-bond donors (Lipinski definition) is 1. The highest BCUT2D eigenvalue weighted by atomic mass is 32.1. The lowest BCUT2D eigenvalue weighted by atomic mass is 10.2. The number of ether oxygens (including phenoxy) is 1. The van der Waals surface area contributed by atoms with Crippen molar-refractivity contribution < 1.29 is 14.5 Å². The van der Waals surface area contributed by atoms with Crippen LogP contribution in [-0.2, 0) is 16.1 Å². The zero-order chi connectivity index (χ0) is 11.3. The van der Waals surface area contributed by atoms with Crippen LogP contribution in [0.1, 0.15) is 5.56 Å². The van der Waals surface area contributed by atoms with E-state index in [1.54, 1.807) is 18.2 Å². The number of esters is 1. The van der Waals surface area contributed by atoms with E-state index < -0.39 is 10.9 Å². The fourth-order valence-electron chi connectivity index (χ4n) is 1.01. The Kier molecular flexibility index (Phi) is 4.11. The van der Waals surface area contributed by atoms with Crippen molar-refractivity contribution in [2.45, 2.75) is 6.61 Å². The first-order valence-electron chi connectivity index (χ1n) is 4.14. The van der Waals surface area contributed by atoms with Gasteiger partial charge >= 0.3 is 5.97 Å². The number of benzene rings is 1. The van der Waals surface area contributed by atoms with Crippen LogP contribution in [0.2, 0.25) is 0 Å². The molecule has 0 bridgehead atoms. The van der Waals surface area contributed by atoms with Crippen LogP contribution >= 0.6 is 12.6 Å². The molecule has 0 N–H and O–H groups in total. The van der Waals surface area contributed by atoms with E-state index in [0.717, 1.165) is 0 Å². The molecule has 15 heavy (non-hydrogen) atoms. The van der Waals surface area contributed by atoms with Crippen LogP contribution < -0.4 is 0 Å². The number of hydrogen-bond acceptors (Lipinski definition) is 5. The minimum atomic E-state index is -0.510. The Morgan fingerprint density at radius 3 is 2.73 bits per heavy atom. The van der Waals surface area contributed by atoms with E-state index in [-0.39, 0.29) is 18.0 Å². The number of nitrogens with zero attached hydrogens (tertiary/aromatic N) is 1. The fraction of sp³-hybridized carbons (Fsp3) is 0.222. The molecule has 0 aliphatic rings. The van der Waals surface area contributed by atoms with Gasteiger partial charge in [-0.2, -0.15) is 12.6 Å². The molecule has 5 nitrogen and oxygen atoms in total. The lowest BCUT2D eigenvalue weighted by Crippen LogP contribution is -2.06. The summed E-state index contributed by atoms with van der Waals surface area (Å²) in [5, 5.41) is 10.6. The van der Waals surface area contributed by atoms with Gasteiger partial charge in [0.05, 0.1) is 16.2 Å². The SMILES string of the molecule is O=C(CS)OCc1ccccc1[N+](=O)[O-]. The highest BCUT2D eigenvalue weighted by molar-refractivity contribution is 7.81. The molecule has 0 aromatic heterocycles. The number of carbonyl (C=O) groups is 1. The van der Waals surface area contributed by atoms with Gasteiger partial charge in [0.1, 0.15) is 6.61 Å². The molecule has 80 valence electrons. The molecule has 0 amide bonds. The first kappa shape index (κ1) is 11.5. The molecule has 0 unspecified atom stereocenters. The third-order valence-electron chi connectivity index (χ3n) is 1.71. The lowest BCUT2D eigenvalue weighted by molar-refractivity contribution is -0.385. The molecule has 0 atom stereocenters. The van der Waals surface area contributed by atoms with E-state index >= 15 is 0 Å². The molecule has 1 aromatic rings. The lowest BCUT2D eigenvalue weighted by Gasteiger charge is -2.03. The second-order valence-electron chi connectivity index (χ2n) is 2.70. The van der Waals surface area contributed by atoms with E-state index in [9.17, 15) is 14.9 Å². The molecule has 0 aliphatic carbocycles. The van der Waals surface area contributed by atoms with Crippen molar-refractivity contribution in [3.63, 3.8) is 0 Å². The second-order valence-corrected chi connectivity index (χ2v) is 3.02. The smallest absolute Gasteiger partial charge is 0.315 e. The van der Waals surface area contributed by atoms with Gasteiger partial charge in [0.15, 0.2) is 0 Å². The van der Waals surface area contributed by atoms with Gasteiger partial charge in [-0.05, 0) is 6.07 Å². The monoisotopic (exact) mass is 227 g/mol. The Hall–Kier alpha value is -1.56. The van der Waals surface area contributed by atoms with Crippen molar-refractivity contribution in [2.24, 2.45) is 0 Å². The Labute approximate surface area is 91.6 Å². The third-order valence-corrected chi connectivity index (χ3v) is 1.96. The van der Waals surface area contributed by atoms with Crippen LogP contribution in [0, 0.1) is 10.1 Å². The molecule has 0 saturated carbocycles. The van der Waals surface area contributed by atoms with Gasteiger partial charge in [0.2, 0.25) is 0 Å². The Morgan fingerprint density at radius 1 is 1.47 bits per heavy atom. The highest BCUT2D eigenvalue weighted by Gasteiger charge is 2.13. The normalized spacial score (nSPS) is 9.67. The maximum absolute atomic E-state index is 10.8. The van der Waals surface area contributed by atoms with Crippen LogP contribution in [0.5, 0.6) is 0 Å². The topological polar surface area (TPSA) is 69.4 Å². The van der Waals surface area contributed by atoms with Gasteiger partial charge in [-0.1, -0.05) is 12.1 Å². The summed E-state index contributed by atoms with van der Waals surface area (Å²) in [6.45, 7) is -0.101. The standard InChI is InChI=1S/C9H9NO4S/c11-9(6-15)14-5-7-3-1-2-4-8(7)10(12)13/h1-4,15H,5-6H2. The van der Waals surface area contributed by atoms with Crippen molar-refractivity contribution in [3.8, 4) is 0 Å². The van der Waals surface area contributed by atoms with Crippen molar-refractivity contribution >= 4 is 24.3 Å². The maximum atomic E-state index is 10.8. The summed E-state index contributed by atoms with van der Waals surface area (Å²) < 4.78 is 4.75. The number of carbonyl (C=O) groups excluding carboxylic acids is 1. The molecule has 0 heterocycles. The Balaban J connectivity index is 2.76. The molecule has 6 heteroatoms. The van der Waals surface area contributed by atoms with E-state index in [1.807, 2.05) is 0 Å². The average molecular weight is 227 g/mol. The summed E-state index contributed by atoms with van der Waals surface area (Å²) in [6, 6.07) is 6.12. The molecule has 1 aromatic carbocycles. The predicted molar refractivity (Wildman–Crippen MR) is 56.7 cm³/mol. The molecule has 0 saturated heterocycles. The van der Waals surface area contributed by atoms with Crippen LogP contribution in [0.3, 0.4) is 0 Å².